The summed E-state index contributed by atoms with van der Waals surface area (Å²) in [6.07, 6.45) is 0. The molecule has 2 aromatic heterocycles. The van der Waals surface area contributed by atoms with E-state index in [0.29, 0.717) is 17.5 Å². The lowest BCUT2D eigenvalue weighted by atomic mass is 10.0. The Morgan fingerprint density at radius 1 is 0.265 bits per heavy atom. The maximum atomic E-state index is 5.00. The van der Waals surface area contributed by atoms with Crippen LogP contribution in [0.5, 0.6) is 0 Å². The van der Waals surface area contributed by atoms with Crippen molar-refractivity contribution in [1.29, 1.82) is 0 Å². The summed E-state index contributed by atoms with van der Waals surface area (Å²) in [6, 6.07) is 92.0. The number of fused-ring (bicyclic) bond motifs is 3. The molecule has 0 saturated heterocycles. The van der Waals surface area contributed by atoms with Crippen LogP contribution >= 0.6 is 0 Å². The van der Waals surface area contributed by atoms with Crippen LogP contribution in [-0.4, -0.2) is 19.5 Å². The maximum Gasteiger partial charge on any atom is 0.164 e. The van der Waals surface area contributed by atoms with E-state index in [2.05, 4.69) is 210 Å². The molecule has 0 bridgehead atoms. The van der Waals surface area contributed by atoms with Gasteiger partial charge < -0.3 is 9.47 Å². The van der Waals surface area contributed by atoms with Crippen LogP contribution in [0, 0.1) is 0 Å². The minimum absolute atomic E-state index is 0.626. The van der Waals surface area contributed by atoms with Gasteiger partial charge in [0.2, 0.25) is 0 Å². The molecule has 0 unspecified atom stereocenters. The minimum Gasteiger partial charge on any atom is -0.311 e. The van der Waals surface area contributed by atoms with E-state index in [9.17, 15) is 0 Å². The van der Waals surface area contributed by atoms with E-state index in [-0.39, 0.29) is 0 Å². The Morgan fingerprint density at radius 2 is 0.618 bits per heavy atom. The van der Waals surface area contributed by atoms with Crippen LogP contribution in [-0.2, 0) is 0 Å². The molecule has 12 rings (SSSR count). The highest BCUT2D eigenvalue weighted by Gasteiger charge is 2.19. The van der Waals surface area contributed by atoms with Gasteiger partial charge in [-0.3, -0.25) is 0 Å². The number of hydrogen-bond acceptors (Lipinski definition) is 4. The largest absolute Gasteiger partial charge is 0.311 e. The second-order valence-electron chi connectivity index (χ2n) is 16.8. The molecule has 0 aliphatic rings. The predicted molar refractivity (Wildman–Crippen MR) is 281 cm³/mol. The average Bonchev–Trinajstić information content (AvgIpc) is 3.77. The normalized spacial score (nSPS) is 11.2. The average molecular weight is 870 g/mol. The first-order chi connectivity index (χ1) is 33.7. The van der Waals surface area contributed by atoms with Crippen LogP contribution in [0.3, 0.4) is 0 Å². The van der Waals surface area contributed by atoms with Crippen LogP contribution in [0.25, 0.3) is 95.0 Å². The molecule has 0 N–H and O–H groups in total. The summed E-state index contributed by atoms with van der Waals surface area (Å²) in [6.45, 7) is 0. The Hall–Kier alpha value is -9.19. The van der Waals surface area contributed by atoms with Gasteiger partial charge in [0.25, 0.3) is 0 Å². The smallest absolute Gasteiger partial charge is 0.164 e. The number of benzene rings is 10. The van der Waals surface area contributed by atoms with Gasteiger partial charge >= 0.3 is 0 Å². The first-order valence-electron chi connectivity index (χ1n) is 22.9. The topological polar surface area (TPSA) is 46.8 Å². The highest BCUT2D eigenvalue weighted by Crippen LogP contribution is 2.41. The lowest BCUT2D eigenvalue weighted by molar-refractivity contribution is 1.07. The van der Waals surface area contributed by atoms with Gasteiger partial charge in [0.1, 0.15) is 0 Å². The molecular formula is C63H43N5. The minimum atomic E-state index is 0.626. The van der Waals surface area contributed by atoms with Crippen molar-refractivity contribution in [3.05, 3.63) is 261 Å². The number of nitrogens with zero attached hydrogens (tertiary/aromatic N) is 5. The molecule has 0 aliphatic carbocycles. The fourth-order valence-electron chi connectivity index (χ4n) is 9.32. The van der Waals surface area contributed by atoms with Crippen molar-refractivity contribution in [2.75, 3.05) is 4.90 Å². The summed E-state index contributed by atoms with van der Waals surface area (Å²) in [5, 5.41) is 2.40. The first-order valence-corrected chi connectivity index (χ1v) is 22.9. The van der Waals surface area contributed by atoms with E-state index in [1.165, 1.54) is 33.0 Å². The van der Waals surface area contributed by atoms with Crippen molar-refractivity contribution in [2.45, 2.75) is 0 Å². The van der Waals surface area contributed by atoms with Crippen molar-refractivity contribution in [3.8, 4) is 73.2 Å². The second kappa shape index (κ2) is 17.7. The standard InChI is InChI=1S/C63H43N5/c1-5-16-44(17-6-1)46-28-36-52(37-29-46)67(53-38-30-47(31-39-53)45-18-7-2-8-19-45)54-40-32-48(33-41-54)56-25-15-26-58-57-24-13-14-27-59(57)68(60(56)58)55-42-34-51(35-43-55)63-65-61(49-20-9-3-10-21-49)64-62(66-63)50-22-11-4-12-23-50/h1-43H. The Labute approximate surface area is 395 Å². The van der Waals surface area contributed by atoms with Crippen LogP contribution in [0.4, 0.5) is 17.1 Å². The summed E-state index contributed by atoms with van der Waals surface area (Å²) < 4.78 is 2.39. The summed E-state index contributed by atoms with van der Waals surface area (Å²) in [4.78, 5) is 17.3. The fraction of sp³-hybridized carbons (Fsp3) is 0. The van der Waals surface area contributed by atoms with Crippen molar-refractivity contribution in [3.63, 3.8) is 0 Å². The Bertz CT molecular complexity index is 3530. The first kappa shape index (κ1) is 40.3. The van der Waals surface area contributed by atoms with Crippen LogP contribution in [0.2, 0.25) is 0 Å². The van der Waals surface area contributed by atoms with E-state index in [0.717, 1.165) is 61.6 Å². The lowest BCUT2D eigenvalue weighted by Crippen LogP contribution is -2.09. The monoisotopic (exact) mass is 869 g/mol. The Balaban J connectivity index is 0.935. The molecule has 0 spiro atoms. The zero-order valence-electron chi connectivity index (χ0n) is 37.1. The van der Waals surface area contributed by atoms with Gasteiger partial charge in [-0.25, -0.2) is 15.0 Å². The Kier molecular flexibility index (Phi) is 10.5. The molecule has 12 aromatic rings. The van der Waals surface area contributed by atoms with Crippen molar-refractivity contribution in [2.24, 2.45) is 0 Å². The number of rotatable bonds is 10. The molecule has 0 amide bonds. The third-order valence-electron chi connectivity index (χ3n) is 12.7. The molecule has 10 aromatic carbocycles. The summed E-state index contributed by atoms with van der Waals surface area (Å²) >= 11 is 0. The zero-order chi connectivity index (χ0) is 45.2. The van der Waals surface area contributed by atoms with Gasteiger partial charge in [0.15, 0.2) is 17.5 Å². The van der Waals surface area contributed by atoms with E-state index >= 15 is 0 Å². The molecular weight excluding hydrogens is 827 g/mol. The molecule has 0 atom stereocenters. The molecule has 0 saturated carbocycles. The number of aromatic nitrogens is 4. The van der Waals surface area contributed by atoms with E-state index in [1.807, 2.05) is 60.7 Å². The highest BCUT2D eigenvalue weighted by atomic mass is 15.1. The third-order valence-corrected chi connectivity index (χ3v) is 12.7. The van der Waals surface area contributed by atoms with Crippen molar-refractivity contribution in [1.82, 2.24) is 19.5 Å². The SMILES string of the molecule is c1ccc(-c2ccc(N(c3ccc(-c4ccccc4)cc3)c3ccc(-c4cccc5c6ccccc6n(-c6ccc(-c7nc(-c8ccccc8)nc(-c8ccccc8)n7)cc6)c45)cc3)cc2)cc1. The van der Waals surface area contributed by atoms with E-state index < -0.39 is 0 Å². The molecule has 0 fully saturated rings. The quantitative estimate of drug-likeness (QED) is 0.137. The highest BCUT2D eigenvalue weighted by molar-refractivity contribution is 6.13. The Morgan fingerprint density at radius 3 is 1.09 bits per heavy atom. The van der Waals surface area contributed by atoms with Gasteiger partial charge in [-0.05, 0) is 94.5 Å². The summed E-state index contributed by atoms with van der Waals surface area (Å²) in [5.41, 5.74) is 16.4. The maximum absolute atomic E-state index is 5.00. The van der Waals surface area contributed by atoms with Crippen LogP contribution < -0.4 is 4.90 Å². The summed E-state index contributed by atoms with van der Waals surface area (Å²) in [5.74, 6) is 1.91. The number of hydrogen-bond donors (Lipinski definition) is 0. The zero-order valence-corrected chi connectivity index (χ0v) is 37.1. The molecule has 68 heavy (non-hydrogen) atoms. The predicted octanol–water partition coefficient (Wildman–Crippen LogP) is 16.4. The molecule has 0 aliphatic heterocycles. The van der Waals surface area contributed by atoms with Crippen LogP contribution in [0.1, 0.15) is 0 Å². The van der Waals surface area contributed by atoms with Crippen LogP contribution in [0.15, 0.2) is 261 Å². The lowest BCUT2D eigenvalue weighted by Gasteiger charge is -2.26. The molecule has 5 nitrogen and oxygen atoms in total. The van der Waals surface area contributed by atoms with Gasteiger partial charge in [-0.2, -0.15) is 0 Å². The third kappa shape index (κ3) is 7.68. The number of anilines is 3. The van der Waals surface area contributed by atoms with Gasteiger partial charge in [-0.1, -0.05) is 194 Å². The van der Waals surface area contributed by atoms with Crippen molar-refractivity contribution >= 4 is 38.9 Å². The molecule has 2 heterocycles. The molecule has 0 radical (unpaired) electrons. The van der Waals surface area contributed by atoms with E-state index in [4.69, 9.17) is 15.0 Å². The van der Waals surface area contributed by atoms with E-state index in [1.54, 1.807) is 0 Å². The second-order valence-corrected chi connectivity index (χ2v) is 16.8. The van der Waals surface area contributed by atoms with Gasteiger partial charge in [0, 0.05) is 55.8 Å². The summed E-state index contributed by atoms with van der Waals surface area (Å²) in [7, 11) is 0. The van der Waals surface area contributed by atoms with Crippen molar-refractivity contribution < 1.29 is 0 Å². The van der Waals surface area contributed by atoms with Gasteiger partial charge in [0.05, 0.1) is 11.0 Å². The molecule has 5 heteroatoms. The number of para-hydroxylation sites is 2. The van der Waals surface area contributed by atoms with Gasteiger partial charge in [-0.15, -0.1) is 0 Å². The molecule has 320 valence electrons. The fourth-order valence-corrected chi connectivity index (χ4v) is 9.32.